The van der Waals surface area contributed by atoms with Crippen molar-refractivity contribution in [3.05, 3.63) is 34.3 Å². The topological polar surface area (TPSA) is 26.3 Å². The quantitative estimate of drug-likeness (QED) is 0.730. The van der Waals surface area contributed by atoms with Crippen molar-refractivity contribution >= 4 is 17.6 Å². The first-order valence-corrected chi connectivity index (χ1v) is 4.82. The number of methoxy groups -OCH3 is 1. The molecule has 0 saturated heterocycles. The summed E-state index contributed by atoms with van der Waals surface area (Å²) in [7, 11) is 1.15. The molecule has 1 aromatic carbocycles. The highest BCUT2D eigenvalue weighted by Crippen LogP contribution is 2.32. The van der Waals surface area contributed by atoms with Crippen LogP contribution in [0.2, 0.25) is 5.02 Å². The number of halogens is 2. The third-order valence-electron chi connectivity index (χ3n) is 2.34. The maximum atomic E-state index is 14.1. The lowest BCUT2D eigenvalue weighted by Gasteiger charge is -2.20. The Morgan fingerprint density at radius 2 is 2.13 bits per heavy atom. The second-order valence-corrected chi connectivity index (χ2v) is 3.81. The van der Waals surface area contributed by atoms with Crippen molar-refractivity contribution in [1.82, 2.24) is 0 Å². The van der Waals surface area contributed by atoms with Crippen LogP contribution < -0.4 is 0 Å². The number of hydrogen-bond donors (Lipinski definition) is 0. The van der Waals surface area contributed by atoms with E-state index in [0.29, 0.717) is 10.6 Å². The van der Waals surface area contributed by atoms with Crippen LogP contribution in [0.5, 0.6) is 0 Å². The fourth-order valence-corrected chi connectivity index (χ4v) is 1.59. The van der Waals surface area contributed by atoms with E-state index < -0.39 is 11.6 Å². The van der Waals surface area contributed by atoms with E-state index in [9.17, 15) is 9.18 Å². The molecule has 0 heterocycles. The Labute approximate surface area is 93.0 Å². The van der Waals surface area contributed by atoms with Gasteiger partial charge in [0, 0.05) is 10.6 Å². The van der Waals surface area contributed by atoms with Gasteiger partial charge in [-0.3, -0.25) is 0 Å². The van der Waals surface area contributed by atoms with Gasteiger partial charge in [0.15, 0.2) is 0 Å². The Hall–Kier alpha value is -1.09. The van der Waals surface area contributed by atoms with Crippen LogP contribution >= 0.6 is 11.6 Å². The number of ether oxygens (including phenoxy) is 1. The monoisotopic (exact) mass is 230 g/mol. The largest absolute Gasteiger partial charge is 0.466 e. The van der Waals surface area contributed by atoms with Gasteiger partial charge in [-0.2, -0.15) is 0 Å². The highest BCUT2D eigenvalue weighted by Gasteiger charge is 2.37. The third-order valence-corrected chi connectivity index (χ3v) is 2.75. The highest BCUT2D eigenvalue weighted by atomic mass is 35.5. The molecular formula is C11H12ClFO2. The summed E-state index contributed by atoms with van der Waals surface area (Å²) in [6.07, 6.45) is 0. The molecule has 0 aromatic heterocycles. The van der Waals surface area contributed by atoms with E-state index >= 15 is 0 Å². The van der Waals surface area contributed by atoms with Crippen LogP contribution in [-0.4, -0.2) is 13.1 Å². The van der Waals surface area contributed by atoms with Crippen LogP contribution in [0.1, 0.15) is 18.1 Å². The van der Waals surface area contributed by atoms with Gasteiger partial charge in [0.05, 0.1) is 7.11 Å². The Kier molecular flexibility index (Phi) is 3.35. The fraction of sp³-hybridized carbons (Fsp3) is 0.364. The van der Waals surface area contributed by atoms with Crippen molar-refractivity contribution < 1.29 is 13.9 Å². The normalized spacial score (nSPS) is 14.5. The summed E-state index contributed by atoms with van der Waals surface area (Å²) in [5, 5.41) is 0.431. The van der Waals surface area contributed by atoms with E-state index in [1.54, 1.807) is 19.1 Å². The molecule has 1 atom stereocenters. The molecule has 0 spiro atoms. The van der Waals surface area contributed by atoms with Crippen LogP contribution in [0.4, 0.5) is 4.39 Å². The average Bonchev–Trinajstić information content (AvgIpc) is 2.20. The second-order valence-electron chi connectivity index (χ2n) is 3.41. The van der Waals surface area contributed by atoms with Crippen LogP contribution in [0.3, 0.4) is 0 Å². The molecule has 1 rings (SSSR count). The minimum Gasteiger partial charge on any atom is -0.466 e. The SMILES string of the molecule is COC(=O)C(C)(F)c1cccc(Cl)c1C. The summed E-state index contributed by atoms with van der Waals surface area (Å²) in [6.45, 7) is 2.83. The summed E-state index contributed by atoms with van der Waals surface area (Å²) < 4.78 is 18.5. The molecule has 0 saturated carbocycles. The molecule has 82 valence electrons. The molecule has 0 aliphatic heterocycles. The minimum absolute atomic E-state index is 0.238. The van der Waals surface area contributed by atoms with Gasteiger partial charge in [-0.05, 0) is 25.5 Å². The zero-order valence-electron chi connectivity index (χ0n) is 8.80. The van der Waals surface area contributed by atoms with E-state index in [4.69, 9.17) is 11.6 Å². The summed E-state index contributed by atoms with van der Waals surface area (Å²) in [5.74, 6) is -0.923. The standard InChI is InChI=1S/C11H12ClFO2/c1-7-8(5-4-6-9(7)12)11(2,13)10(14)15-3/h4-6H,1-3H3. The molecule has 2 nitrogen and oxygen atoms in total. The molecule has 15 heavy (non-hydrogen) atoms. The predicted molar refractivity (Wildman–Crippen MR) is 56.7 cm³/mol. The maximum absolute atomic E-state index is 14.1. The van der Waals surface area contributed by atoms with E-state index in [0.717, 1.165) is 14.0 Å². The molecule has 1 unspecified atom stereocenters. The molecule has 0 aliphatic carbocycles. The molecular weight excluding hydrogens is 219 g/mol. The Morgan fingerprint density at radius 3 is 2.67 bits per heavy atom. The molecule has 0 bridgehead atoms. The molecule has 0 aliphatic rings. The van der Waals surface area contributed by atoms with Crippen molar-refractivity contribution in [2.75, 3.05) is 7.11 Å². The van der Waals surface area contributed by atoms with Crippen molar-refractivity contribution in [3.63, 3.8) is 0 Å². The van der Waals surface area contributed by atoms with Crippen LogP contribution in [0.15, 0.2) is 18.2 Å². The zero-order valence-corrected chi connectivity index (χ0v) is 9.56. The van der Waals surface area contributed by atoms with E-state index in [1.807, 2.05) is 0 Å². The first kappa shape index (κ1) is 12.0. The first-order chi connectivity index (χ1) is 6.91. The second kappa shape index (κ2) is 4.19. The highest BCUT2D eigenvalue weighted by molar-refractivity contribution is 6.31. The molecule has 0 amide bonds. The van der Waals surface area contributed by atoms with E-state index in [2.05, 4.69) is 4.74 Å². The van der Waals surface area contributed by atoms with Gasteiger partial charge in [-0.1, -0.05) is 23.7 Å². The van der Waals surface area contributed by atoms with Gasteiger partial charge in [-0.15, -0.1) is 0 Å². The maximum Gasteiger partial charge on any atom is 0.348 e. The van der Waals surface area contributed by atoms with Crippen LogP contribution in [-0.2, 0) is 15.2 Å². The van der Waals surface area contributed by atoms with Gasteiger partial charge in [0.25, 0.3) is 0 Å². The van der Waals surface area contributed by atoms with Crippen molar-refractivity contribution in [3.8, 4) is 0 Å². The number of carbonyl (C=O) groups excluding carboxylic acids is 1. The molecule has 0 radical (unpaired) electrons. The Balaban J connectivity index is 3.27. The molecule has 0 N–H and O–H groups in total. The van der Waals surface area contributed by atoms with Crippen LogP contribution in [0, 0.1) is 6.92 Å². The van der Waals surface area contributed by atoms with Gasteiger partial charge >= 0.3 is 5.97 Å². The summed E-state index contributed by atoms with van der Waals surface area (Å²) in [6, 6.07) is 4.78. The van der Waals surface area contributed by atoms with E-state index in [-0.39, 0.29) is 5.56 Å². The molecule has 1 aromatic rings. The third kappa shape index (κ3) is 2.12. The van der Waals surface area contributed by atoms with Crippen molar-refractivity contribution in [1.29, 1.82) is 0 Å². The minimum atomic E-state index is -2.16. The smallest absolute Gasteiger partial charge is 0.348 e. The molecule has 4 heteroatoms. The Morgan fingerprint density at radius 1 is 1.53 bits per heavy atom. The zero-order chi connectivity index (χ0) is 11.6. The van der Waals surface area contributed by atoms with Gasteiger partial charge in [-0.25, -0.2) is 9.18 Å². The lowest BCUT2D eigenvalue weighted by molar-refractivity contribution is -0.154. The number of benzene rings is 1. The van der Waals surface area contributed by atoms with Crippen molar-refractivity contribution in [2.45, 2.75) is 19.5 Å². The first-order valence-electron chi connectivity index (χ1n) is 4.44. The van der Waals surface area contributed by atoms with Crippen LogP contribution in [0.25, 0.3) is 0 Å². The number of esters is 1. The Bertz CT molecular complexity index is 388. The van der Waals surface area contributed by atoms with Crippen molar-refractivity contribution in [2.24, 2.45) is 0 Å². The van der Waals surface area contributed by atoms with Gasteiger partial charge in [0.1, 0.15) is 0 Å². The van der Waals surface area contributed by atoms with Gasteiger partial charge in [0.2, 0.25) is 5.67 Å². The summed E-state index contributed by atoms with van der Waals surface area (Å²) in [5.41, 5.74) is -1.37. The van der Waals surface area contributed by atoms with Gasteiger partial charge < -0.3 is 4.74 Å². The predicted octanol–water partition coefficient (Wildman–Crippen LogP) is 3.01. The lowest BCUT2D eigenvalue weighted by Crippen LogP contribution is -2.29. The fourth-order valence-electron chi connectivity index (χ4n) is 1.42. The summed E-state index contributed by atoms with van der Waals surface area (Å²) >= 11 is 5.85. The lowest BCUT2D eigenvalue weighted by atomic mass is 9.94. The molecule has 0 fully saturated rings. The number of rotatable bonds is 2. The summed E-state index contributed by atoms with van der Waals surface area (Å²) in [4.78, 5) is 11.3. The van der Waals surface area contributed by atoms with E-state index in [1.165, 1.54) is 6.07 Å². The number of hydrogen-bond acceptors (Lipinski definition) is 2. The average molecular weight is 231 g/mol. The number of carbonyl (C=O) groups is 1. The number of alkyl halides is 1.